The van der Waals surface area contributed by atoms with Gasteiger partial charge in [-0.1, -0.05) is 60.7 Å². The van der Waals surface area contributed by atoms with Gasteiger partial charge in [-0.25, -0.2) is 4.79 Å². The number of esters is 1. The third-order valence-corrected chi connectivity index (χ3v) is 3.81. The second-order valence-electron chi connectivity index (χ2n) is 5.60. The number of fused-ring (bicyclic) bond motifs is 1. The molecule has 0 aliphatic carbocycles. The van der Waals surface area contributed by atoms with E-state index in [4.69, 9.17) is 22.7 Å². The summed E-state index contributed by atoms with van der Waals surface area (Å²) in [4.78, 5) is 12.2. The summed E-state index contributed by atoms with van der Waals surface area (Å²) < 4.78 is 5.52. The highest BCUT2D eigenvalue weighted by atomic mass is 32.1. The van der Waals surface area contributed by atoms with Crippen molar-refractivity contribution in [2.24, 2.45) is 10.8 Å². The first-order valence-corrected chi connectivity index (χ1v) is 8.59. The van der Waals surface area contributed by atoms with E-state index in [1.807, 2.05) is 60.7 Å². The van der Waals surface area contributed by atoms with Crippen LogP contribution in [0.2, 0.25) is 0 Å². The molecule has 27 heavy (non-hydrogen) atoms. The average Bonchev–Trinajstić information content (AvgIpc) is 2.68. The molecule has 0 spiro atoms. The summed E-state index contributed by atoms with van der Waals surface area (Å²) in [6.07, 6.45) is 4.62. The fourth-order valence-electron chi connectivity index (χ4n) is 2.53. The van der Waals surface area contributed by atoms with Crippen LogP contribution in [0.15, 0.2) is 77.9 Å². The Labute approximate surface area is 162 Å². The van der Waals surface area contributed by atoms with Crippen molar-refractivity contribution in [2.45, 2.75) is 0 Å². The number of hydrogen-bond acceptors (Lipinski definition) is 4. The molecule has 0 aromatic heterocycles. The molecule has 0 bridgehead atoms. The number of thiocarbonyl (C=S) groups is 1. The molecule has 0 aliphatic rings. The maximum atomic E-state index is 12.2. The van der Waals surface area contributed by atoms with Crippen LogP contribution in [0.1, 0.15) is 11.1 Å². The molecule has 0 saturated carbocycles. The first-order chi connectivity index (χ1) is 13.1. The minimum absolute atomic E-state index is 0.0517. The Balaban J connectivity index is 1.88. The van der Waals surface area contributed by atoms with Gasteiger partial charge in [0.05, 0.1) is 6.21 Å². The van der Waals surface area contributed by atoms with Crippen LogP contribution in [0.25, 0.3) is 16.8 Å². The van der Waals surface area contributed by atoms with Crippen LogP contribution in [0.3, 0.4) is 0 Å². The summed E-state index contributed by atoms with van der Waals surface area (Å²) >= 11 is 4.75. The molecular formula is C21H17N3O2S. The van der Waals surface area contributed by atoms with Crippen molar-refractivity contribution in [1.29, 1.82) is 0 Å². The number of carbonyl (C=O) groups is 1. The Bertz CT molecular complexity index is 1030. The number of benzene rings is 3. The van der Waals surface area contributed by atoms with E-state index in [2.05, 4.69) is 10.5 Å². The van der Waals surface area contributed by atoms with Crippen molar-refractivity contribution in [2.75, 3.05) is 0 Å². The molecule has 3 N–H and O–H groups in total. The van der Waals surface area contributed by atoms with E-state index < -0.39 is 5.97 Å². The van der Waals surface area contributed by atoms with Crippen LogP contribution in [-0.2, 0) is 4.79 Å². The van der Waals surface area contributed by atoms with Gasteiger partial charge in [-0.15, -0.1) is 0 Å². The van der Waals surface area contributed by atoms with Gasteiger partial charge in [0, 0.05) is 11.6 Å². The number of hydrazone groups is 1. The highest BCUT2D eigenvalue weighted by molar-refractivity contribution is 7.80. The lowest BCUT2D eigenvalue weighted by Gasteiger charge is -2.09. The molecule has 0 aliphatic heterocycles. The summed E-state index contributed by atoms with van der Waals surface area (Å²) in [6, 6.07) is 20.9. The van der Waals surface area contributed by atoms with E-state index in [-0.39, 0.29) is 5.11 Å². The number of rotatable bonds is 5. The van der Waals surface area contributed by atoms with Gasteiger partial charge in [0.2, 0.25) is 0 Å². The van der Waals surface area contributed by atoms with E-state index in [1.165, 1.54) is 12.3 Å². The fraction of sp³-hybridized carbons (Fsp3) is 0. The van der Waals surface area contributed by atoms with E-state index >= 15 is 0 Å². The molecule has 3 aromatic carbocycles. The van der Waals surface area contributed by atoms with E-state index in [0.29, 0.717) is 11.3 Å². The number of nitrogens with two attached hydrogens (primary N) is 1. The Kier molecular flexibility index (Phi) is 5.91. The highest BCUT2D eigenvalue weighted by Gasteiger charge is 2.10. The van der Waals surface area contributed by atoms with Gasteiger partial charge in [-0.05, 0) is 40.7 Å². The van der Waals surface area contributed by atoms with Gasteiger partial charge in [0.25, 0.3) is 0 Å². The van der Waals surface area contributed by atoms with Gasteiger partial charge in [-0.3, -0.25) is 5.43 Å². The quantitative estimate of drug-likeness (QED) is 0.178. The lowest BCUT2D eigenvalue weighted by Crippen LogP contribution is -2.24. The molecule has 0 unspecified atom stereocenters. The van der Waals surface area contributed by atoms with Crippen LogP contribution in [-0.4, -0.2) is 17.3 Å². The average molecular weight is 375 g/mol. The predicted molar refractivity (Wildman–Crippen MR) is 113 cm³/mol. The Morgan fingerprint density at radius 3 is 2.56 bits per heavy atom. The summed E-state index contributed by atoms with van der Waals surface area (Å²) in [5, 5.41) is 5.94. The molecule has 0 fully saturated rings. The predicted octanol–water partition coefficient (Wildman–Crippen LogP) is 3.63. The van der Waals surface area contributed by atoms with Crippen molar-refractivity contribution < 1.29 is 9.53 Å². The number of nitrogens with one attached hydrogen (secondary N) is 1. The largest absolute Gasteiger partial charge is 0.423 e. The van der Waals surface area contributed by atoms with Crippen LogP contribution in [0.5, 0.6) is 5.75 Å². The van der Waals surface area contributed by atoms with Crippen molar-refractivity contribution in [3.8, 4) is 5.75 Å². The number of hydrogen-bond donors (Lipinski definition) is 2. The summed E-state index contributed by atoms with van der Waals surface area (Å²) in [5.41, 5.74) is 9.47. The van der Waals surface area contributed by atoms with Crippen molar-refractivity contribution in [1.82, 2.24) is 5.43 Å². The monoisotopic (exact) mass is 375 g/mol. The van der Waals surface area contributed by atoms with Crippen LogP contribution < -0.4 is 15.9 Å². The van der Waals surface area contributed by atoms with E-state index in [9.17, 15) is 4.79 Å². The molecular weight excluding hydrogens is 358 g/mol. The standard InChI is InChI=1S/C21H17N3O2S/c22-21(27)24-23-14-18-17-9-5-4-8-16(17)11-12-19(18)26-20(25)13-10-15-6-2-1-3-7-15/h1-14H,(H3,22,24,27)/b13-10+,23-14-. The second-order valence-corrected chi connectivity index (χ2v) is 6.04. The van der Waals surface area contributed by atoms with Crippen molar-refractivity contribution >= 4 is 46.4 Å². The maximum Gasteiger partial charge on any atom is 0.336 e. The highest BCUT2D eigenvalue weighted by Crippen LogP contribution is 2.27. The Morgan fingerprint density at radius 1 is 1.04 bits per heavy atom. The maximum absolute atomic E-state index is 12.2. The number of ether oxygens (including phenoxy) is 1. The fourth-order valence-corrected chi connectivity index (χ4v) is 2.58. The molecule has 0 atom stereocenters. The lowest BCUT2D eigenvalue weighted by molar-refractivity contribution is -0.128. The molecule has 0 amide bonds. The van der Waals surface area contributed by atoms with Gasteiger partial charge in [0.15, 0.2) is 5.11 Å². The molecule has 6 heteroatoms. The molecule has 3 rings (SSSR count). The lowest BCUT2D eigenvalue weighted by atomic mass is 10.0. The van der Waals surface area contributed by atoms with Crippen molar-refractivity contribution in [3.63, 3.8) is 0 Å². The molecule has 5 nitrogen and oxygen atoms in total. The molecule has 3 aromatic rings. The first kappa shape index (κ1) is 18.3. The van der Waals surface area contributed by atoms with Crippen LogP contribution in [0.4, 0.5) is 0 Å². The topological polar surface area (TPSA) is 76.7 Å². The third kappa shape index (κ3) is 4.99. The summed E-state index contributed by atoms with van der Waals surface area (Å²) in [5.74, 6) is -0.0870. The zero-order valence-electron chi connectivity index (χ0n) is 14.3. The van der Waals surface area contributed by atoms with Gasteiger partial charge >= 0.3 is 5.97 Å². The molecule has 0 radical (unpaired) electrons. The molecule has 0 heterocycles. The zero-order chi connectivity index (χ0) is 19.1. The van der Waals surface area contributed by atoms with E-state index in [1.54, 1.807) is 12.1 Å². The smallest absolute Gasteiger partial charge is 0.336 e. The number of nitrogens with zero attached hydrogens (tertiary/aromatic N) is 1. The zero-order valence-corrected chi connectivity index (χ0v) is 15.1. The third-order valence-electron chi connectivity index (χ3n) is 3.72. The van der Waals surface area contributed by atoms with Gasteiger partial charge in [-0.2, -0.15) is 5.10 Å². The van der Waals surface area contributed by atoms with Gasteiger partial charge < -0.3 is 10.5 Å². The van der Waals surface area contributed by atoms with Gasteiger partial charge in [0.1, 0.15) is 5.75 Å². The minimum Gasteiger partial charge on any atom is -0.423 e. The Morgan fingerprint density at radius 2 is 1.78 bits per heavy atom. The summed E-state index contributed by atoms with van der Waals surface area (Å²) in [6.45, 7) is 0. The molecule has 0 saturated heterocycles. The van der Waals surface area contributed by atoms with Crippen LogP contribution in [0, 0.1) is 0 Å². The van der Waals surface area contributed by atoms with Crippen molar-refractivity contribution in [3.05, 3.63) is 83.9 Å². The normalized spacial score (nSPS) is 11.1. The summed E-state index contributed by atoms with van der Waals surface area (Å²) in [7, 11) is 0. The SMILES string of the molecule is NC(=S)N/N=C\c1c(OC(=O)/C=C/c2ccccc2)ccc2ccccc12. The minimum atomic E-state index is -0.480. The van der Waals surface area contributed by atoms with Crippen LogP contribution >= 0.6 is 12.2 Å². The Hall–Kier alpha value is -3.51. The molecule has 134 valence electrons. The first-order valence-electron chi connectivity index (χ1n) is 8.19. The number of carbonyl (C=O) groups excluding carboxylic acids is 1. The van der Waals surface area contributed by atoms with E-state index in [0.717, 1.165) is 16.3 Å². The second kappa shape index (κ2) is 8.73.